The van der Waals surface area contributed by atoms with Gasteiger partial charge in [0.05, 0.1) is 10.2 Å². The monoisotopic (exact) mass is 426 g/mol. The number of carbonyl (C=O) groups is 1. The van der Waals surface area contributed by atoms with Gasteiger partial charge in [-0.3, -0.25) is 4.79 Å². The van der Waals surface area contributed by atoms with Crippen molar-refractivity contribution >= 4 is 32.6 Å². The number of hydrogen-bond acceptors (Lipinski definition) is 8. The van der Waals surface area contributed by atoms with Crippen molar-refractivity contribution in [2.75, 3.05) is 18.5 Å². The van der Waals surface area contributed by atoms with E-state index < -0.39 is 0 Å². The summed E-state index contributed by atoms with van der Waals surface area (Å²) in [6.07, 6.45) is 0. The summed E-state index contributed by atoms with van der Waals surface area (Å²) in [6, 6.07) is 8.20. The van der Waals surface area contributed by atoms with Crippen molar-refractivity contribution in [2.45, 2.75) is 13.5 Å². The van der Waals surface area contributed by atoms with Crippen LogP contribution in [0.25, 0.3) is 21.6 Å². The second kappa shape index (κ2) is 7.34. The van der Waals surface area contributed by atoms with Crippen LogP contribution < -0.4 is 14.8 Å². The summed E-state index contributed by atoms with van der Waals surface area (Å²) in [6.45, 7) is 2.52. The van der Waals surface area contributed by atoms with E-state index in [1.54, 1.807) is 25.1 Å². The van der Waals surface area contributed by atoms with Gasteiger partial charge in [-0.25, -0.2) is 9.37 Å². The minimum absolute atomic E-state index is 0.133. The summed E-state index contributed by atoms with van der Waals surface area (Å²) >= 11 is 1.33. The molecule has 1 aliphatic rings. The van der Waals surface area contributed by atoms with Crippen molar-refractivity contribution in [1.82, 2.24) is 25.2 Å². The van der Waals surface area contributed by atoms with E-state index in [-0.39, 0.29) is 18.3 Å². The van der Waals surface area contributed by atoms with E-state index in [1.807, 2.05) is 6.07 Å². The third kappa shape index (κ3) is 3.54. The molecule has 4 aromatic rings. The van der Waals surface area contributed by atoms with E-state index >= 15 is 0 Å². The van der Waals surface area contributed by atoms with Crippen molar-refractivity contribution in [3.8, 4) is 22.9 Å². The van der Waals surface area contributed by atoms with Crippen LogP contribution in [-0.2, 0) is 11.3 Å². The first-order valence-electron chi connectivity index (χ1n) is 9.09. The van der Waals surface area contributed by atoms with E-state index in [2.05, 4.69) is 25.7 Å². The predicted octanol–water partition coefficient (Wildman–Crippen LogP) is 2.81. The van der Waals surface area contributed by atoms with Crippen LogP contribution in [-0.4, -0.2) is 44.3 Å². The Morgan fingerprint density at radius 3 is 2.83 bits per heavy atom. The van der Waals surface area contributed by atoms with Crippen molar-refractivity contribution < 1.29 is 18.7 Å². The SMILES string of the molecule is Cc1cc(-c2nnn(CC(=O)Nc3nc4cc5c(cc4s3)OCCO5)n2)ccc1F. The molecule has 0 aliphatic carbocycles. The number of hydrogen-bond donors (Lipinski definition) is 1. The molecule has 3 heterocycles. The maximum Gasteiger partial charge on any atom is 0.249 e. The molecule has 9 nitrogen and oxygen atoms in total. The molecule has 0 unspecified atom stereocenters. The van der Waals surface area contributed by atoms with Crippen LogP contribution in [0.3, 0.4) is 0 Å². The number of nitrogens with one attached hydrogen (secondary N) is 1. The highest BCUT2D eigenvalue weighted by Gasteiger charge is 2.17. The third-order valence-electron chi connectivity index (χ3n) is 4.45. The normalized spacial score (nSPS) is 12.9. The van der Waals surface area contributed by atoms with Crippen LogP contribution in [0.1, 0.15) is 5.56 Å². The van der Waals surface area contributed by atoms with Gasteiger partial charge in [0, 0.05) is 17.7 Å². The fraction of sp³-hybridized carbons (Fsp3) is 0.211. The lowest BCUT2D eigenvalue weighted by Gasteiger charge is -2.17. The fourth-order valence-electron chi connectivity index (χ4n) is 3.02. The molecule has 0 saturated heterocycles. The van der Waals surface area contributed by atoms with Gasteiger partial charge >= 0.3 is 0 Å². The number of aromatic nitrogens is 5. The molecular weight excluding hydrogens is 411 g/mol. The van der Waals surface area contributed by atoms with Gasteiger partial charge in [0.15, 0.2) is 16.6 Å². The Morgan fingerprint density at radius 2 is 2.03 bits per heavy atom. The van der Waals surface area contributed by atoms with Crippen LogP contribution in [0.4, 0.5) is 9.52 Å². The summed E-state index contributed by atoms with van der Waals surface area (Å²) < 4.78 is 25.4. The number of benzene rings is 2. The quantitative estimate of drug-likeness (QED) is 0.535. The Bertz CT molecular complexity index is 1230. The summed E-state index contributed by atoms with van der Waals surface area (Å²) in [4.78, 5) is 18.0. The zero-order valence-electron chi connectivity index (χ0n) is 15.8. The van der Waals surface area contributed by atoms with Gasteiger partial charge in [-0.2, -0.15) is 4.80 Å². The zero-order chi connectivity index (χ0) is 20.7. The Balaban J connectivity index is 1.29. The number of nitrogens with zero attached hydrogens (tertiary/aromatic N) is 5. The molecule has 0 atom stereocenters. The van der Waals surface area contributed by atoms with Gasteiger partial charge < -0.3 is 14.8 Å². The highest BCUT2D eigenvalue weighted by Crippen LogP contribution is 2.37. The van der Waals surface area contributed by atoms with Gasteiger partial charge in [-0.1, -0.05) is 11.3 Å². The lowest BCUT2D eigenvalue weighted by molar-refractivity contribution is -0.117. The lowest BCUT2D eigenvalue weighted by Crippen LogP contribution is -2.20. The number of tetrazole rings is 1. The Labute approximate surface area is 173 Å². The van der Waals surface area contributed by atoms with Gasteiger partial charge in [-0.05, 0) is 35.9 Å². The number of fused-ring (bicyclic) bond motifs is 2. The molecule has 5 rings (SSSR count). The molecule has 0 spiro atoms. The van der Waals surface area contributed by atoms with E-state index in [9.17, 15) is 9.18 Å². The average Bonchev–Trinajstić information content (AvgIpc) is 3.34. The van der Waals surface area contributed by atoms with Crippen LogP contribution in [0.5, 0.6) is 11.5 Å². The summed E-state index contributed by atoms with van der Waals surface area (Å²) in [5.74, 6) is 0.986. The van der Waals surface area contributed by atoms with Gasteiger partial charge in [0.25, 0.3) is 0 Å². The summed E-state index contributed by atoms with van der Waals surface area (Å²) in [5, 5.41) is 15.2. The highest BCUT2D eigenvalue weighted by atomic mass is 32.1. The molecular formula is C19H15FN6O3S. The second-order valence-corrected chi connectivity index (χ2v) is 7.67. The topological polar surface area (TPSA) is 104 Å². The van der Waals surface area contributed by atoms with E-state index in [0.717, 1.165) is 4.70 Å². The molecule has 152 valence electrons. The first-order chi connectivity index (χ1) is 14.5. The second-order valence-electron chi connectivity index (χ2n) is 6.64. The molecule has 1 aliphatic heterocycles. The molecule has 1 N–H and O–H groups in total. The fourth-order valence-corrected chi connectivity index (χ4v) is 3.91. The van der Waals surface area contributed by atoms with Crippen molar-refractivity contribution in [3.05, 3.63) is 41.7 Å². The number of ether oxygens (including phenoxy) is 2. The predicted molar refractivity (Wildman–Crippen MR) is 107 cm³/mol. The molecule has 1 amide bonds. The van der Waals surface area contributed by atoms with E-state index in [4.69, 9.17) is 9.47 Å². The largest absolute Gasteiger partial charge is 0.486 e. The van der Waals surface area contributed by atoms with Crippen molar-refractivity contribution in [1.29, 1.82) is 0 Å². The first kappa shape index (κ1) is 18.4. The Hall–Kier alpha value is -3.60. The van der Waals surface area contributed by atoms with Gasteiger partial charge in [0.2, 0.25) is 11.7 Å². The van der Waals surface area contributed by atoms with Crippen LogP contribution >= 0.6 is 11.3 Å². The molecule has 2 aromatic heterocycles. The third-order valence-corrected chi connectivity index (χ3v) is 5.39. The number of halogens is 1. The first-order valence-corrected chi connectivity index (χ1v) is 9.91. The van der Waals surface area contributed by atoms with Gasteiger partial charge in [0.1, 0.15) is 25.6 Å². The van der Waals surface area contributed by atoms with Crippen molar-refractivity contribution in [2.24, 2.45) is 0 Å². The summed E-state index contributed by atoms with van der Waals surface area (Å²) in [5.41, 5.74) is 1.82. The minimum Gasteiger partial charge on any atom is -0.486 e. The maximum atomic E-state index is 13.4. The number of thiazole rings is 1. The molecule has 0 fully saturated rings. The van der Waals surface area contributed by atoms with E-state index in [0.29, 0.717) is 52.3 Å². The molecule has 0 bridgehead atoms. The van der Waals surface area contributed by atoms with E-state index in [1.165, 1.54) is 22.2 Å². The van der Waals surface area contributed by atoms with Crippen LogP contribution in [0, 0.1) is 12.7 Å². The number of carbonyl (C=O) groups excluding carboxylic acids is 1. The minimum atomic E-state index is -0.342. The van der Waals surface area contributed by atoms with Crippen LogP contribution in [0.2, 0.25) is 0 Å². The van der Waals surface area contributed by atoms with Crippen molar-refractivity contribution in [3.63, 3.8) is 0 Å². The number of amides is 1. The molecule has 0 radical (unpaired) electrons. The van der Waals surface area contributed by atoms with Gasteiger partial charge in [-0.15, -0.1) is 10.2 Å². The Morgan fingerprint density at radius 1 is 1.23 bits per heavy atom. The average molecular weight is 426 g/mol. The highest BCUT2D eigenvalue weighted by molar-refractivity contribution is 7.22. The molecule has 2 aromatic carbocycles. The number of anilines is 1. The van der Waals surface area contributed by atoms with Crippen LogP contribution in [0.15, 0.2) is 30.3 Å². The number of rotatable bonds is 4. The molecule has 11 heteroatoms. The molecule has 30 heavy (non-hydrogen) atoms. The smallest absolute Gasteiger partial charge is 0.249 e. The molecule has 0 saturated carbocycles. The summed E-state index contributed by atoms with van der Waals surface area (Å²) in [7, 11) is 0. The number of aryl methyl sites for hydroxylation is 1. The maximum absolute atomic E-state index is 13.4. The standard InChI is InChI=1S/C19H15FN6O3S/c1-10-6-11(2-3-12(10)20)18-23-25-26(24-18)9-17(27)22-19-21-13-7-14-15(8-16(13)30-19)29-5-4-28-14/h2-3,6-8H,4-5,9H2,1H3,(H,21,22,27). The Kier molecular flexibility index (Phi) is 4.51. The zero-order valence-corrected chi connectivity index (χ0v) is 16.6. The lowest BCUT2D eigenvalue weighted by atomic mass is 10.1.